The van der Waals surface area contributed by atoms with Crippen molar-refractivity contribution in [3.05, 3.63) is 63.4 Å². The van der Waals surface area contributed by atoms with Gasteiger partial charge in [-0.15, -0.1) is 11.6 Å². The van der Waals surface area contributed by atoms with Gasteiger partial charge >= 0.3 is 0 Å². The lowest BCUT2D eigenvalue weighted by Crippen LogP contribution is -1.97. The maximum absolute atomic E-state index is 6.45. The van der Waals surface area contributed by atoms with Gasteiger partial charge in [-0.2, -0.15) is 0 Å². The summed E-state index contributed by atoms with van der Waals surface area (Å²) in [5, 5.41) is 0.445. The smallest absolute Gasteiger partial charge is 0.197 e. The highest BCUT2D eigenvalue weighted by Gasteiger charge is 2.16. The molecule has 1 unspecified atom stereocenters. The molecule has 0 aliphatic heterocycles. The number of hydrogen-bond acceptors (Lipinski definition) is 2. The molecule has 0 N–H and O–H groups in total. The molecule has 0 saturated carbocycles. The molecule has 0 bridgehead atoms. The van der Waals surface area contributed by atoms with Crippen molar-refractivity contribution < 1.29 is 4.42 Å². The number of halogens is 3. The van der Waals surface area contributed by atoms with Gasteiger partial charge in [0, 0.05) is 15.9 Å². The quantitative estimate of drug-likeness (QED) is 0.547. The third kappa shape index (κ3) is 2.85. The first-order valence-corrected chi connectivity index (χ1v) is 7.67. The molecule has 3 aromatic rings. The molecule has 102 valence electrons. The van der Waals surface area contributed by atoms with Crippen molar-refractivity contribution in [1.29, 1.82) is 0 Å². The van der Waals surface area contributed by atoms with Gasteiger partial charge < -0.3 is 4.42 Å². The number of alkyl halides is 1. The van der Waals surface area contributed by atoms with Crippen molar-refractivity contribution in [1.82, 2.24) is 4.98 Å². The van der Waals surface area contributed by atoms with Crippen molar-refractivity contribution in [2.45, 2.75) is 11.8 Å². The van der Waals surface area contributed by atoms with Gasteiger partial charge in [0.1, 0.15) is 5.52 Å². The van der Waals surface area contributed by atoms with Crippen LogP contribution in [-0.4, -0.2) is 4.98 Å². The topological polar surface area (TPSA) is 26.0 Å². The summed E-state index contributed by atoms with van der Waals surface area (Å²) in [5.74, 6) is 0.632. The van der Waals surface area contributed by atoms with E-state index in [9.17, 15) is 0 Å². The van der Waals surface area contributed by atoms with Gasteiger partial charge in [-0.1, -0.05) is 45.7 Å². The van der Waals surface area contributed by atoms with Gasteiger partial charge in [-0.25, -0.2) is 4.98 Å². The Labute approximate surface area is 134 Å². The highest BCUT2D eigenvalue weighted by Crippen LogP contribution is 2.33. The van der Waals surface area contributed by atoms with Crippen LogP contribution in [0.2, 0.25) is 5.02 Å². The van der Waals surface area contributed by atoms with Gasteiger partial charge in [0.05, 0.1) is 5.38 Å². The number of fused-ring (bicyclic) bond motifs is 1. The van der Waals surface area contributed by atoms with E-state index < -0.39 is 0 Å². The first-order chi connectivity index (χ1) is 9.63. The number of rotatable bonds is 3. The Morgan fingerprint density at radius 3 is 2.75 bits per heavy atom. The molecule has 0 amide bonds. The largest absolute Gasteiger partial charge is 0.441 e. The molecule has 0 aliphatic carbocycles. The first kappa shape index (κ1) is 13.9. The molecule has 1 aromatic heterocycles. The second-order valence-electron chi connectivity index (χ2n) is 4.41. The van der Waals surface area contributed by atoms with E-state index in [1.165, 1.54) is 0 Å². The fourth-order valence-electron chi connectivity index (χ4n) is 2.03. The monoisotopic (exact) mass is 369 g/mol. The molecule has 1 heterocycles. The number of hydrogen-bond donors (Lipinski definition) is 0. The standard InChI is InChI=1S/C15H10BrCl2NO/c16-11-7-9(17)5-6-10(11)12(18)8-15-19-13-3-1-2-4-14(13)20-15/h1-7,12H,8H2. The zero-order valence-corrected chi connectivity index (χ0v) is 13.4. The van der Waals surface area contributed by atoms with Gasteiger partial charge in [-0.3, -0.25) is 0 Å². The highest BCUT2D eigenvalue weighted by molar-refractivity contribution is 9.10. The van der Waals surface area contributed by atoms with Crippen LogP contribution in [0.4, 0.5) is 0 Å². The summed E-state index contributed by atoms with van der Waals surface area (Å²) in [6, 6.07) is 13.2. The molecular weight excluding hydrogens is 361 g/mol. The summed E-state index contributed by atoms with van der Waals surface area (Å²) < 4.78 is 6.58. The van der Waals surface area contributed by atoms with Crippen LogP contribution in [0.25, 0.3) is 11.1 Å². The summed E-state index contributed by atoms with van der Waals surface area (Å²) in [6.07, 6.45) is 0.524. The minimum atomic E-state index is -0.227. The predicted molar refractivity (Wildman–Crippen MR) is 85.5 cm³/mol. The molecule has 1 atom stereocenters. The van der Waals surface area contributed by atoms with Crippen LogP contribution in [0, 0.1) is 0 Å². The van der Waals surface area contributed by atoms with Gasteiger partial charge in [0.15, 0.2) is 11.5 Å². The van der Waals surface area contributed by atoms with E-state index in [1.54, 1.807) is 0 Å². The fraction of sp³-hybridized carbons (Fsp3) is 0.133. The van der Waals surface area contributed by atoms with Crippen LogP contribution in [0.3, 0.4) is 0 Å². The Bertz CT molecular complexity index is 723. The third-order valence-corrected chi connectivity index (χ3v) is 4.30. The molecule has 2 nitrogen and oxygen atoms in total. The van der Waals surface area contributed by atoms with Crippen LogP contribution in [0.1, 0.15) is 16.8 Å². The Morgan fingerprint density at radius 2 is 2.00 bits per heavy atom. The van der Waals surface area contributed by atoms with Gasteiger partial charge in [-0.05, 0) is 29.8 Å². The van der Waals surface area contributed by atoms with Crippen LogP contribution in [-0.2, 0) is 6.42 Å². The molecule has 3 rings (SSSR count). The molecule has 0 fully saturated rings. The lowest BCUT2D eigenvalue weighted by atomic mass is 10.1. The van der Waals surface area contributed by atoms with E-state index in [-0.39, 0.29) is 5.38 Å². The van der Waals surface area contributed by atoms with Gasteiger partial charge in [0.25, 0.3) is 0 Å². The van der Waals surface area contributed by atoms with Crippen molar-refractivity contribution in [3.63, 3.8) is 0 Å². The molecule has 0 saturated heterocycles. The molecule has 0 aliphatic rings. The summed E-state index contributed by atoms with van der Waals surface area (Å²) in [4.78, 5) is 4.43. The summed E-state index contributed by atoms with van der Waals surface area (Å²) >= 11 is 15.9. The summed E-state index contributed by atoms with van der Waals surface area (Å²) in [7, 11) is 0. The van der Waals surface area contributed by atoms with Crippen LogP contribution < -0.4 is 0 Å². The van der Waals surface area contributed by atoms with Crippen molar-refractivity contribution >= 4 is 50.2 Å². The number of para-hydroxylation sites is 2. The third-order valence-electron chi connectivity index (χ3n) is 2.99. The molecule has 0 radical (unpaired) electrons. The second kappa shape index (κ2) is 5.76. The number of benzene rings is 2. The predicted octanol–water partition coefficient (Wildman–Crippen LogP) is 5.77. The Balaban J connectivity index is 1.86. The zero-order valence-electron chi connectivity index (χ0n) is 10.3. The molecule has 5 heteroatoms. The van der Waals surface area contributed by atoms with E-state index >= 15 is 0 Å². The van der Waals surface area contributed by atoms with Crippen molar-refractivity contribution in [2.24, 2.45) is 0 Å². The zero-order chi connectivity index (χ0) is 14.1. The number of oxazole rings is 1. The van der Waals surface area contributed by atoms with Crippen LogP contribution >= 0.6 is 39.1 Å². The maximum Gasteiger partial charge on any atom is 0.197 e. The Kier molecular flexibility index (Phi) is 4.01. The second-order valence-corrected chi connectivity index (χ2v) is 6.23. The molecular formula is C15H10BrCl2NO. The van der Waals surface area contributed by atoms with E-state index in [0.29, 0.717) is 17.3 Å². The fourth-order valence-corrected chi connectivity index (χ4v) is 3.44. The lowest BCUT2D eigenvalue weighted by Gasteiger charge is -2.10. The molecule has 0 spiro atoms. The highest BCUT2D eigenvalue weighted by atomic mass is 79.9. The van der Waals surface area contributed by atoms with Crippen molar-refractivity contribution in [2.75, 3.05) is 0 Å². The minimum Gasteiger partial charge on any atom is -0.441 e. The normalized spacial score (nSPS) is 12.8. The minimum absolute atomic E-state index is 0.227. The summed E-state index contributed by atoms with van der Waals surface area (Å²) in [6.45, 7) is 0. The Hall–Kier alpha value is -1.03. The van der Waals surface area contributed by atoms with E-state index in [2.05, 4.69) is 20.9 Å². The molecule has 2 aromatic carbocycles. The summed E-state index contributed by atoms with van der Waals surface area (Å²) in [5.41, 5.74) is 2.60. The Morgan fingerprint density at radius 1 is 1.20 bits per heavy atom. The van der Waals surface area contributed by atoms with E-state index in [4.69, 9.17) is 27.6 Å². The van der Waals surface area contributed by atoms with Gasteiger partial charge in [0.2, 0.25) is 0 Å². The average molecular weight is 371 g/mol. The van der Waals surface area contributed by atoms with Crippen LogP contribution in [0.5, 0.6) is 0 Å². The van der Waals surface area contributed by atoms with E-state index in [1.807, 2.05) is 42.5 Å². The van der Waals surface area contributed by atoms with Crippen LogP contribution in [0.15, 0.2) is 51.4 Å². The average Bonchev–Trinajstić information content (AvgIpc) is 2.80. The lowest BCUT2D eigenvalue weighted by molar-refractivity contribution is 0.525. The number of nitrogens with zero attached hydrogens (tertiary/aromatic N) is 1. The maximum atomic E-state index is 6.45. The molecule has 20 heavy (non-hydrogen) atoms. The SMILES string of the molecule is Clc1ccc(C(Cl)Cc2nc3ccccc3o2)c(Br)c1. The first-order valence-electron chi connectivity index (χ1n) is 6.07. The van der Waals surface area contributed by atoms with E-state index in [0.717, 1.165) is 21.1 Å². The van der Waals surface area contributed by atoms with Crippen molar-refractivity contribution in [3.8, 4) is 0 Å². The number of aromatic nitrogens is 1.